The van der Waals surface area contributed by atoms with Crippen LogP contribution in [0.15, 0.2) is 60.9 Å². The van der Waals surface area contributed by atoms with E-state index >= 15 is 4.39 Å². The first-order chi connectivity index (χ1) is 14.5. The van der Waals surface area contributed by atoms with E-state index in [1.54, 1.807) is 29.0 Å². The maximum absolute atomic E-state index is 15.1. The van der Waals surface area contributed by atoms with Gasteiger partial charge in [-0.15, -0.1) is 4.57 Å². The van der Waals surface area contributed by atoms with Crippen LogP contribution in [0.2, 0.25) is 0 Å². The van der Waals surface area contributed by atoms with Crippen LogP contribution in [0.1, 0.15) is 42.7 Å². The van der Waals surface area contributed by atoms with Crippen molar-refractivity contribution in [3.8, 4) is 11.3 Å². The number of pyridine rings is 2. The number of nitrogens with zero attached hydrogens (tertiary/aromatic N) is 2. The van der Waals surface area contributed by atoms with Crippen molar-refractivity contribution in [3.63, 3.8) is 0 Å². The molecule has 150 valence electrons. The van der Waals surface area contributed by atoms with Crippen LogP contribution in [0.3, 0.4) is 0 Å². The highest BCUT2D eigenvalue weighted by atomic mass is 19.1. The van der Waals surface area contributed by atoms with E-state index in [0.29, 0.717) is 46.9 Å². The maximum Gasteiger partial charge on any atom is 0.453 e. The number of ether oxygens (including phenoxy) is 1. The Bertz CT molecular complexity index is 1250. The monoisotopic (exact) mass is 406 g/mol. The van der Waals surface area contributed by atoms with Gasteiger partial charge in [0.25, 0.3) is 5.69 Å². The van der Waals surface area contributed by atoms with E-state index in [1.165, 1.54) is 6.07 Å². The summed E-state index contributed by atoms with van der Waals surface area (Å²) in [6.07, 6.45) is 4.74. The van der Waals surface area contributed by atoms with Crippen molar-refractivity contribution < 1.29 is 27.4 Å². The van der Waals surface area contributed by atoms with Crippen molar-refractivity contribution in [2.45, 2.75) is 32.1 Å². The maximum atomic E-state index is 15.1. The number of cyclic esters (lactones) is 1. The third-order valence-corrected chi connectivity index (χ3v) is 6.27. The first-order valence-corrected chi connectivity index (χ1v) is 10.0. The van der Waals surface area contributed by atoms with Gasteiger partial charge in [0.15, 0.2) is 12.4 Å². The molecule has 4 nitrogen and oxygen atoms in total. The molecule has 3 aromatic rings. The molecule has 1 aromatic carbocycles. The summed E-state index contributed by atoms with van der Waals surface area (Å²) >= 11 is 0. The van der Waals surface area contributed by atoms with E-state index in [1.807, 2.05) is 42.8 Å². The van der Waals surface area contributed by atoms with Crippen molar-refractivity contribution in [2.24, 2.45) is 0 Å². The molecule has 0 N–H and O–H groups in total. The number of benzene rings is 1. The number of aromatic nitrogens is 2. The van der Waals surface area contributed by atoms with E-state index in [4.69, 9.17) is 4.74 Å². The molecule has 6 heteroatoms. The molecule has 0 atom stereocenters. The summed E-state index contributed by atoms with van der Waals surface area (Å²) in [6, 6.07) is 13.1. The Morgan fingerprint density at radius 1 is 0.933 bits per heavy atom. The van der Waals surface area contributed by atoms with Gasteiger partial charge in [0.2, 0.25) is 5.69 Å². The van der Waals surface area contributed by atoms with Crippen molar-refractivity contribution in [1.29, 1.82) is 0 Å². The molecule has 4 heterocycles. The Kier molecular flexibility index (Phi) is 4.07. The lowest BCUT2D eigenvalue weighted by Gasteiger charge is -2.34. The molecule has 2 aromatic heterocycles. The van der Waals surface area contributed by atoms with Gasteiger partial charge in [0, 0.05) is 30.3 Å². The summed E-state index contributed by atoms with van der Waals surface area (Å²) in [6.45, 7) is 3.97. The summed E-state index contributed by atoms with van der Waals surface area (Å²) in [5.41, 5.74) is 1.90. The van der Waals surface area contributed by atoms with Gasteiger partial charge in [-0.2, -0.15) is 4.57 Å². The summed E-state index contributed by atoms with van der Waals surface area (Å²) in [5.74, 6) is -1.31. The van der Waals surface area contributed by atoms with E-state index in [-0.39, 0.29) is 0 Å². The number of carbonyl (C=O) groups excluding carboxylic acids is 1. The first-order valence-electron chi connectivity index (χ1n) is 10.0. The smallest absolute Gasteiger partial charge is 0.357 e. The van der Waals surface area contributed by atoms with Gasteiger partial charge in [-0.3, -0.25) is 0 Å². The van der Waals surface area contributed by atoms with Crippen LogP contribution in [-0.2, 0) is 10.2 Å². The number of hydrogen-bond acceptors (Lipinski definition) is 2. The molecule has 0 saturated carbocycles. The van der Waals surface area contributed by atoms with Crippen LogP contribution in [0.4, 0.5) is 8.78 Å². The summed E-state index contributed by atoms with van der Waals surface area (Å²) in [4.78, 5) is 12.6. The first kappa shape index (κ1) is 18.6. The number of fused-ring (bicyclic) bond motifs is 4. The third-order valence-electron chi connectivity index (χ3n) is 6.27. The minimum Gasteiger partial charge on any atom is -0.357 e. The van der Waals surface area contributed by atoms with Crippen LogP contribution in [-0.4, -0.2) is 5.97 Å². The zero-order chi connectivity index (χ0) is 21.0. The fourth-order valence-electron chi connectivity index (χ4n) is 4.82. The number of allylic oxidation sites excluding steroid dienone is 1. The van der Waals surface area contributed by atoms with Gasteiger partial charge in [0.05, 0.1) is 11.0 Å². The van der Waals surface area contributed by atoms with Crippen LogP contribution in [0.5, 0.6) is 0 Å². The second-order valence-electron chi connectivity index (χ2n) is 7.55. The third kappa shape index (κ3) is 2.33. The second-order valence-corrected chi connectivity index (χ2v) is 7.55. The fourth-order valence-corrected chi connectivity index (χ4v) is 4.82. The molecule has 0 fully saturated rings. The molecular formula is C24H20F2N2O2+2. The minimum atomic E-state index is -0.753. The lowest BCUT2D eigenvalue weighted by atomic mass is 9.68. The number of carbonyl (C=O) groups is 1. The van der Waals surface area contributed by atoms with E-state index in [2.05, 4.69) is 0 Å². The SMILES string of the molecule is CCC1(CC)C(=C2OC(=O)c3cccc[n+]32)[n+]2ccccc2-c2c(F)cc(F)cc21. The van der Waals surface area contributed by atoms with Crippen LogP contribution >= 0.6 is 0 Å². The Balaban J connectivity index is 1.97. The molecular weight excluding hydrogens is 386 g/mol. The molecule has 0 saturated heterocycles. The Morgan fingerprint density at radius 2 is 1.60 bits per heavy atom. The lowest BCUT2D eigenvalue weighted by Crippen LogP contribution is -2.52. The van der Waals surface area contributed by atoms with Gasteiger partial charge < -0.3 is 4.74 Å². The molecule has 0 amide bonds. The fraction of sp³-hybridized carbons (Fsp3) is 0.208. The molecule has 30 heavy (non-hydrogen) atoms. The molecule has 0 aliphatic carbocycles. The van der Waals surface area contributed by atoms with Gasteiger partial charge in [-0.25, -0.2) is 13.6 Å². The average Bonchev–Trinajstić information content (AvgIpc) is 3.08. The lowest BCUT2D eigenvalue weighted by molar-refractivity contribution is -0.615. The van der Waals surface area contributed by atoms with Gasteiger partial charge >= 0.3 is 17.5 Å². The highest BCUT2D eigenvalue weighted by molar-refractivity contribution is 5.93. The Hall–Kier alpha value is -3.41. The van der Waals surface area contributed by atoms with Gasteiger partial charge in [0.1, 0.15) is 11.6 Å². The zero-order valence-corrected chi connectivity index (χ0v) is 16.7. The molecule has 0 spiro atoms. The average molecular weight is 406 g/mol. The molecule has 0 unspecified atom stereocenters. The number of rotatable bonds is 2. The standard InChI is InChI=1S/C24H20F2N2O2/c1-3-24(4-2)16-13-15(25)14-17(26)20(16)18-9-5-7-11-27(18)21(24)22-28-12-8-6-10-19(28)23(29)30-22/h5-14H,3-4H2,1-2H3/q+2. The molecule has 2 aliphatic heterocycles. The van der Waals surface area contributed by atoms with Crippen LogP contribution < -0.4 is 9.13 Å². The minimum absolute atomic E-state index is 0.368. The predicted molar refractivity (Wildman–Crippen MR) is 106 cm³/mol. The predicted octanol–water partition coefficient (Wildman–Crippen LogP) is 4.23. The Labute approximate surface area is 172 Å². The zero-order valence-electron chi connectivity index (χ0n) is 16.7. The summed E-state index contributed by atoms with van der Waals surface area (Å²) in [5, 5.41) is 0. The van der Waals surface area contributed by atoms with Gasteiger partial charge in [-0.05, 0) is 36.6 Å². The van der Waals surface area contributed by atoms with Crippen molar-refractivity contribution in [2.75, 3.05) is 0 Å². The highest BCUT2D eigenvalue weighted by Gasteiger charge is 2.56. The topological polar surface area (TPSA) is 34.1 Å². The molecule has 0 bridgehead atoms. The van der Waals surface area contributed by atoms with E-state index in [0.717, 1.165) is 6.07 Å². The largest absolute Gasteiger partial charge is 0.453 e. The van der Waals surface area contributed by atoms with E-state index < -0.39 is 23.0 Å². The van der Waals surface area contributed by atoms with Gasteiger partial charge in [-0.1, -0.05) is 13.8 Å². The quantitative estimate of drug-likeness (QED) is 0.472. The summed E-state index contributed by atoms with van der Waals surface area (Å²) in [7, 11) is 0. The van der Waals surface area contributed by atoms with Crippen LogP contribution in [0.25, 0.3) is 22.8 Å². The van der Waals surface area contributed by atoms with Crippen molar-refractivity contribution in [3.05, 3.63) is 83.8 Å². The second kappa shape index (κ2) is 6.55. The normalized spacial score (nSPS) is 18.5. The van der Waals surface area contributed by atoms with Crippen molar-refractivity contribution in [1.82, 2.24) is 0 Å². The van der Waals surface area contributed by atoms with Crippen molar-refractivity contribution >= 4 is 17.5 Å². The molecule has 5 rings (SSSR count). The Morgan fingerprint density at radius 3 is 2.30 bits per heavy atom. The van der Waals surface area contributed by atoms with E-state index in [9.17, 15) is 9.18 Å². The molecule has 2 aliphatic rings. The van der Waals surface area contributed by atoms with Crippen LogP contribution in [0, 0.1) is 11.6 Å². The molecule has 0 radical (unpaired) electrons. The number of hydrogen-bond donors (Lipinski definition) is 0. The number of halogens is 2. The highest BCUT2D eigenvalue weighted by Crippen LogP contribution is 2.49. The number of esters is 1. The summed E-state index contributed by atoms with van der Waals surface area (Å²) < 4.78 is 38.8.